The van der Waals surface area contributed by atoms with Gasteiger partial charge >= 0.3 is 6.61 Å². The Bertz CT molecular complexity index is 687. The van der Waals surface area contributed by atoms with Crippen LogP contribution >= 0.6 is 35.6 Å². The third kappa shape index (κ3) is 7.43. The van der Waals surface area contributed by atoms with Crippen molar-refractivity contribution in [2.24, 2.45) is 4.99 Å². The van der Waals surface area contributed by atoms with E-state index in [9.17, 15) is 8.78 Å². The van der Waals surface area contributed by atoms with Gasteiger partial charge in [0.1, 0.15) is 5.75 Å². The van der Waals surface area contributed by atoms with Crippen LogP contribution in [0, 0.1) is 0 Å². The summed E-state index contributed by atoms with van der Waals surface area (Å²) in [5, 5.41) is 6.64. The SMILES string of the molecule is CN=C(NCc1ccccc1)NCc1cc(Cl)ccc1OC(F)F.I. The van der Waals surface area contributed by atoms with Crippen LogP contribution in [0.4, 0.5) is 8.78 Å². The van der Waals surface area contributed by atoms with Crippen LogP contribution in [0.2, 0.25) is 5.02 Å². The lowest BCUT2D eigenvalue weighted by atomic mass is 10.2. The van der Waals surface area contributed by atoms with Gasteiger partial charge in [0.05, 0.1) is 0 Å². The molecule has 0 radical (unpaired) electrons. The summed E-state index contributed by atoms with van der Waals surface area (Å²) in [5.41, 5.74) is 1.62. The van der Waals surface area contributed by atoms with Gasteiger partial charge in [-0.1, -0.05) is 41.9 Å². The number of nitrogens with one attached hydrogen (secondary N) is 2. The van der Waals surface area contributed by atoms with Crippen LogP contribution in [0.5, 0.6) is 5.75 Å². The average Bonchev–Trinajstić information content (AvgIpc) is 2.58. The number of nitrogens with zero attached hydrogens (tertiary/aromatic N) is 1. The predicted molar refractivity (Wildman–Crippen MR) is 107 cm³/mol. The maximum Gasteiger partial charge on any atom is 0.387 e. The van der Waals surface area contributed by atoms with Gasteiger partial charge < -0.3 is 15.4 Å². The zero-order valence-electron chi connectivity index (χ0n) is 13.5. The van der Waals surface area contributed by atoms with Crippen molar-refractivity contribution < 1.29 is 13.5 Å². The highest BCUT2D eigenvalue weighted by atomic mass is 127. The highest BCUT2D eigenvalue weighted by Gasteiger charge is 2.11. The summed E-state index contributed by atoms with van der Waals surface area (Å²) in [6.45, 7) is -2.05. The highest BCUT2D eigenvalue weighted by molar-refractivity contribution is 14.0. The van der Waals surface area contributed by atoms with Gasteiger partial charge in [0.2, 0.25) is 0 Å². The summed E-state index contributed by atoms with van der Waals surface area (Å²) >= 11 is 5.93. The average molecular weight is 482 g/mol. The first kappa shape index (κ1) is 21.4. The molecule has 0 spiro atoms. The fourth-order valence-corrected chi connectivity index (χ4v) is 2.27. The zero-order valence-corrected chi connectivity index (χ0v) is 16.6. The van der Waals surface area contributed by atoms with E-state index in [2.05, 4.69) is 20.4 Å². The Balaban J connectivity index is 0.00000312. The van der Waals surface area contributed by atoms with Crippen LogP contribution in [0.3, 0.4) is 0 Å². The van der Waals surface area contributed by atoms with Crippen molar-refractivity contribution >= 4 is 41.5 Å². The number of hydrogen-bond acceptors (Lipinski definition) is 2. The molecule has 8 heteroatoms. The van der Waals surface area contributed by atoms with Crippen LogP contribution in [-0.2, 0) is 13.1 Å². The van der Waals surface area contributed by atoms with Crippen molar-refractivity contribution in [3.63, 3.8) is 0 Å². The first-order valence-corrected chi connectivity index (χ1v) is 7.68. The second-order valence-corrected chi connectivity index (χ2v) is 5.33. The molecule has 0 aliphatic heterocycles. The second-order valence-electron chi connectivity index (χ2n) is 4.90. The Morgan fingerprint density at radius 2 is 1.80 bits per heavy atom. The van der Waals surface area contributed by atoms with E-state index in [1.54, 1.807) is 13.1 Å². The van der Waals surface area contributed by atoms with Crippen molar-refractivity contribution in [1.29, 1.82) is 0 Å². The van der Waals surface area contributed by atoms with E-state index < -0.39 is 6.61 Å². The van der Waals surface area contributed by atoms with Crippen LogP contribution in [0.1, 0.15) is 11.1 Å². The number of rotatable bonds is 6. The normalized spacial score (nSPS) is 11.0. The van der Waals surface area contributed by atoms with E-state index in [-0.39, 0.29) is 36.3 Å². The molecule has 4 nitrogen and oxygen atoms in total. The van der Waals surface area contributed by atoms with Crippen molar-refractivity contribution in [3.8, 4) is 5.75 Å². The lowest BCUT2D eigenvalue weighted by Gasteiger charge is -2.15. The summed E-state index contributed by atoms with van der Waals surface area (Å²) < 4.78 is 29.4. The highest BCUT2D eigenvalue weighted by Crippen LogP contribution is 2.24. The Kier molecular flexibility index (Phi) is 9.51. The largest absolute Gasteiger partial charge is 0.434 e. The third-order valence-electron chi connectivity index (χ3n) is 3.21. The maximum atomic E-state index is 12.5. The van der Waals surface area contributed by atoms with Gasteiger partial charge in [-0.2, -0.15) is 8.78 Å². The number of hydrogen-bond donors (Lipinski definition) is 2. The van der Waals surface area contributed by atoms with Gasteiger partial charge in [0, 0.05) is 30.7 Å². The molecular formula is C17H19ClF2IN3O. The molecule has 0 heterocycles. The van der Waals surface area contributed by atoms with Crippen molar-refractivity contribution in [3.05, 3.63) is 64.7 Å². The van der Waals surface area contributed by atoms with Crippen molar-refractivity contribution in [1.82, 2.24) is 10.6 Å². The monoisotopic (exact) mass is 481 g/mol. The molecule has 2 N–H and O–H groups in total. The third-order valence-corrected chi connectivity index (χ3v) is 3.45. The molecule has 2 aromatic carbocycles. The van der Waals surface area contributed by atoms with Gasteiger partial charge in [-0.3, -0.25) is 4.99 Å². The molecule has 2 aromatic rings. The van der Waals surface area contributed by atoms with Crippen LogP contribution < -0.4 is 15.4 Å². The number of aliphatic imine (C=N–C) groups is 1. The van der Waals surface area contributed by atoms with E-state index in [4.69, 9.17) is 11.6 Å². The molecule has 0 atom stereocenters. The second kappa shape index (κ2) is 11.1. The van der Waals surface area contributed by atoms with E-state index in [1.807, 2.05) is 30.3 Å². The lowest BCUT2D eigenvalue weighted by Crippen LogP contribution is -2.36. The fraction of sp³-hybridized carbons (Fsp3) is 0.235. The standard InChI is InChI=1S/C17H18ClF2N3O.HI/c1-21-17(22-10-12-5-3-2-4-6-12)23-11-13-9-14(18)7-8-15(13)24-16(19)20;/h2-9,16H,10-11H2,1H3,(H2,21,22,23);1H. The molecule has 0 aromatic heterocycles. The van der Waals surface area contributed by atoms with Crippen LogP contribution in [-0.4, -0.2) is 19.6 Å². The summed E-state index contributed by atoms with van der Waals surface area (Å²) in [7, 11) is 1.63. The number of ether oxygens (including phenoxy) is 1. The summed E-state index contributed by atoms with van der Waals surface area (Å²) in [6.07, 6.45) is 0. The molecule has 0 unspecified atom stereocenters. The number of guanidine groups is 1. The van der Waals surface area contributed by atoms with Gasteiger partial charge in [-0.15, -0.1) is 24.0 Å². The molecule has 0 bridgehead atoms. The van der Waals surface area contributed by atoms with E-state index in [0.29, 0.717) is 23.1 Å². The van der Waals surface area contributed by atoms with Gasteiger partial charge in [0.15, 0.2) is 5.96 Å². The van der Waals surface area contributed by atoms with E-state index in [1.165, 1.54) is 12.1 Å². The molecule has 136 valence electrons. The number of benzene rings is 2. The van der Waals surface area contributed by atoms with Crippen molar-refractivity contribution in [2.75, 3.05) is 7.05 Å². The Morgan fingerprint density at radius 3 is 2.44 bits per heavy atom. The number of halogens is 4. The van der Waals surface area contributed by atoms with E-state index in [0.717, 1.165) is 5.56 Å². The lowest BCUT2D eigenvalue weighted by molar-refractivity contribution is -0.0504. The minimum atomic E-state index is -2.89. The Morgan fingerprint density at radius 1 is 1.12 bits per heavy atom. The Hall–Kier alpha value is -1.61. The zero-order chi connectivity index (χ0) is 17.4. The minimum absolute atomic E-state index is 0. The van der Waals surface area contributed by atoms with Gasteiger partial charge in [0.25, 0.3) is 0 Å². The quantitative estimate of drug-likeness (QED) is 0.365. The summed E-state index contributed by atoms with van der Waals surface area (Å²) in [4.78, 5) is 4.10. The summed E-state index contributed by atoms with van der Waals surface area (Å²) in [5.74, 6) is 0.627. The smallest absolute Gasteiger partial charge is 0.387 e. The summed E-state index contributed by atoms with van der Waals surface area (Å²) in [6, 6.07) is 14.3. The minimum Gasteiger partial charge on any atom is -0.434 e. The predicted octanol–water partition coefficient (Wildman–Crippen LogP) is 4.42. The molecule has 0 amide bonds. The molecule has 2 rings (SSSR count). The van der Waals surface area contributed by atoms with E-state index >= 15 is 0 Å². The molecule has 0 aliphatic carbocycles. The maximum absolute atomic E-state index is 12.5. The molecule has 25 heavy (non-hydrogen) atoms. The van der Waals surface area contributed by atoms with Gasteiger partial charge in [-0.25, -0.2) is 0 Å². The van der Waals surface area contributed by atoms with Crippen LogP contribution in [0.15, 0.2) is 53.5 Å². The first-order valence-electron chi connectivity index (χ1n) is 7.30. The van der Waals surface area contributed by atoms with Gasteiger partial charge in [-0.05, 0) is 23.8 Å². The molecule has 0 aliphatic rings. The Labute approximate surface area is 167 Å². The number of alkyl halides is 2. The molecule has 0 saturated carbocycles. The topological polar surface area (TPSA) is 45.7 Å². The van der Waals surface area contributed by atoms with Crippen molar-refractivity contribution in [2.45, 2.75) is 19.7 Å². The molecule has 0 saturated heterocycles. The fourth-order valence-electron chi connectivity index (χ4n) is 2.08. The van der Waals surface area contributed by atoms with Crippen LogP contribution in [0.25, 0.3) is 0 Å². The first-order chi connectivity index (χ1) is 11.6. The molecule has 0 fully saturated rings. The molecular weight excluding hydrogens is 463 g/mol.